The Kier molecular flexibility index (Phi) is 3.27. The van der Waals surface area contributed by atoms with Gasteiger partial charge in [-0.25, -0.2) is 4.79 Å². The summed E-state index contributed by atoms with van der Waals surface area (Å²) in [6.45, 7) is 2.05. The lowest BCUT2D eigenvalue weighted by molar-refractivity contribution is -0.129. The first-order valence-electron chi connectivity index (χ1n) is 5.33. The van der Waals surface area contributed by atoms with E-state index in [1.165, 1.54) is 0 Å². The third kappa shape index (κ3) is 2.55. The quantitative estimate of drug-likeness (QED) is 0.859. The number of rotatable bonds is 4. The Hall–Kier alpha value is -2.04. The smallest absolute Gasteiger partial charge is 0.354 e. The van der Waals surface area contributed by atoms with Gasteiger partial charge in [-0.15, -0.1) is 0 Å². The number of carboxylic acids is 1. The summed E-state index contributed by atoms with van der Waals surface area (Å²) in [6, 6.07) is 9.30. The maximum Gasteiger partial charge on any atom is 0.354 e. The SMILES string of the molecule is CC1C(C(=O)O)=NOC1COc1ccccc1. The van der Waals surface area contributed by atoms with Crippen LogP contribution in [0.3, 0.4) is 0 Å². The van der Waals surface area contributed by atoms with Gasteiger partial charge in [0.25, 0.3) is 0 Å². The zero-order chi connectivity index (χ0) is 12.3. The Morgan fingerprint density at radius 1 is 1.47 bits per heavy atom. The third-order valence-corrected chi connectivity index (χ3v) is 2.65. The number of carbonyl (C=O) groups is 1. The van der Waals surface area contributed by atoms with E-state index < -0.39 is 5.97 Å². The van der Waals surface area contributed by atoms with E-state index in [4.69, 9.17) is 14.7 Å². The molecule has 0 amide bonds. The number of nitrogens with zero attached hydrogens (tertiary/aromatic N) is 1. The molecule has 0 saturated carbocycles. The van der Waals surface area contributed by atoms with E-state index in [9.17, 15) is 4.79 Å². The van der Waals surface area contributed by atoms with E-state index >= 15 is 0 Å². The summed E-state index contributed by atoms with van der Waals surface area (Å²) in [7, 11) is 0. The van der Waals surface area contributed by atoms with E-state index in [-0.39, 0.29) is 24.3 Å². The van der Waals surface area contributed by atoms with Crippen LogP contribution in [0.15, 0.2) is 35.5 Å². The Morgan fingerprint density at radius 3 is 2.76 bits per heavy atom. The molecule has 2 atom stereocenters. The Morgan fingerprint density at radius 2 is 2.18 bits per heavy atom. The van der Waals surface area contributed by atoms with Gasteiger partial charge in [-0.05, 0) is 12.1 Å². The molecule has 1 aliphatic heterocycles. The van der Waals surface area contributed by atoms with E-state index in [1.54, 1.807) is 6.92 Å². The van der Waals surface area contributed by atoms with Crippen LogP contribution in [0.25, 0.3) is 0 Å². The number of carboxylic acid groups (broad SMARTS) is 1. The molecule has 2 rings (SSSR count). The summed E-state index contributed by atoms with van der Waals surface area (Å²) in [6.07, 6.45) is -0.346. The fraction of sp³-hybridized carbons (Fsp3) is 0.333. The monoisotopic (exact) mass is 235 g/mol. The van der Waals surface area contributed by atoms with Gasteiger partial charge in [-0.1, -0.05) is 30.3 Å². The second kappa shape index (κ2) is 4.86. The first kappa shape index (κ1) is 11.4. The van der Waals surface area contributed by atoms with Gasteiger partial charge < -0.3 is 14.7 Å². The number of hydrogen-bond donors (Lipinski definition) is 1. The average molecular weight is 235 g/mol. The van der Waals surface area contributed by atoms with Crippen molar-refractivity contribution in [1.29, 1.82) is 0 Å². The van der Waals surface area contributed by atoms with Crippen LogP contribution in [0.4, 0.5) is 0 Å². The molecule has 2 unspecified atom stereocenters. The van der Waals surface area contributed by atoms with Gasteiger partial charge in [0.2, 0.25) is 0 Å². The molecule has 5 nitrogen and oxygen atoms in total. The van der Waals surface area contributed by atoms with Crippen molar-refractivity contribution in [3.63, 3.8) is 0 Å². The maximum absolute atomic E-state index is 10.8. The molecule has 1 aliphatic rings. The van der Waals surface area contributed by atoms with Crippen LogP contribution in [0.5, 0.6) is 5.75 Å². The van der Waals surface area contributed by atoms with Gasteiger partial charge >= 0.3 is 5.97 Å². The van der Waals surface area contributed by atoms with Crippen LogP contribution >= 0.6 is 0 Å². The number of hydrogen-bond acceptors (Lipinski definition) is 4. The van der Waals surface area contributed by atoms with Crippen molar-refractivity contribution in [3.05, 3.63) is 30.3 Å². The highest BCUT2D eigenvalue weighted by Gasteiger charge is 2.35. The molecule has 0 radical (unpaired) electrons. The summed E-state index contributed by atoms with van der Waals surface area (Å²) in [5, 5.41) is 12.4. The standard InChI is InChI=1S/C12H13NO4/c1-8-10(17-13-11(8)12(14)15)7-16-9-5-3-2-4-6-9/h2-6,8,10H,7H2,1H3,(H,14,15). The predicted molar refractivity (Wildman–Crippen MR) is 61.0 cm³/mol. The van der Waals surface area contributed by atoms with Crippen molar-refractivity contribution in [2.45, 2.75) is 13.0 Å². The second-order valence-corrected chi connectivity index (χ2v) is 3.84. The van der Waals surface area contributed by atoms with Crippen molar-refractivity contribution in [2.75, 3.05) is 6.61 Å². The number of ether oxygens (including phenoxy) is 1. The van der Waals surface area contributed by atoms with Crippen molar-refractivity contribution in [3.8, 4) is 5.75 Å². The van der Waals surface area contributed by atoms with E-state index in [1.807, 2.05) is 30.3 Å². The highest BCUT2D eigenvalue weighted by molar-refractivity contribution is 6.36. The number of oxime groups is 1. The molecule has 1 heterocycles. The summed E-state index contributed by atoms with van der Waals surface area (Å²) in [5.74, 6) is -0.581. The van der Waals surface area contributed by atoms with E-state index in [2.05, 4.69) is 5.16 Å². The molecular weight excluding hydrogens is 222 g/mol. The van der Waals surface area contributed by atoms with Gasteiger partial charge in [-0.3, -0.25) is 0 Å². The lowest BCUT2D eigenvalue weighted by atomic mass is 10.0. The molecule has 0 aliphatic carbocycles. The summed E-state index contributed by atoms with van der Waals surface area (Å²) in [4.78, 5) is 15.8. The minimum absolute atomic E-state index is 0.0478. The van der Waals surface area contributed by atoms with Gasteiger partial charge in [0.1, 0.15) is 12.4 Å². The normalized spacial score (nSPS) is 22.8. The summed E-state index contributed by atoms with van der Waals surface area (Å²) < 4.78 is 5.50. The molecule has 1 aromatic carbocycles. The number of aliphatic carboxylic acids is 1. The minimum Gasteiger partial charge on any atom is -0.490 e. The summed E-state index contributed by atoms with van der Waals surface area (Å²) >= 11 is 0. The highest BCUT2D eigenvalue weighted by Crippen LogP contribution is 2.20. The van der Waals surface area contributed by atoms with E-state index in [0.29, 0.717) is 0 Å². The molecule has 1 aromatic rings. The largest absolute Gasteiger partial charge is 0.490 e. The van der Waals surface area contributed by atoms with Crippen LogP contribution in [0, 0.1) is 5.92 Å². The Labute approximate surface area is 98.6 Å². The van der Waals surface area contributed by atoms with Gasteiger partial charge in [0.05, 0.1) is 5.92 Å². The van der Waals surface area contributed by atoms with Gasteiger partial charge in [-0.2, -0.15) is 0 Å². The van der Waals surface area contributed by atoms with Crippen LogP contribution in [-0.4, -0.2) is 29.5 Å². The maximum atomic E-state index is 10.8. The predicted octanol–water partition coefficient (Wildman–Crippen LogP) is 1.54. The van der Waals surface area contributed by atoms with Crippen molar-refractivity contribution in [1.82, 2.24) is 0 Å². The van der Waals surface area contributed by atoms with Crippen LogP contribution in [-0.2, 0) is 9.63 Å². The van der Waals surface area contributed by atoms with Gasteiger partial charge in [0.15, 0.2) is 11.8 Å². The molecule has 0 spiro atoms. The lowest BCUT2D eigenvalue weighted by Crippen LogP contribution is -2.30. The minimum atomic E-state index is -1.04. The number of benzene rings is 1. The third-order valence-electron chi connectivity index (χ3n) is 2.65. The van der Waals surface area contributed by atoms with Crippen molar-refractivity contribution >= 4 is 11.7 Å². The molecule has 90 valence electrons. The number of para-hydroxylation sites is 1. The van der Waals surface area contributed by atoms with Crippen LogP contribution in [0.1, 0.15) is 6.92 Å². The highest BCUT2D eigenvalue weighted by atomic mass is 16.7. The summed E-state index contributed by atoms with van der Waals surface area (Å²) in [5.41, 5.74) is 0.0478. The van der Waals surface area contributed by atoms with Crippen molar-refractivity contribution in [2.24, 2.45) is 11.1 Å². The topological polar surface area (TPSA) is 68.1 Å². The molecule has 0 fully saturated rings. The van der Waals surface area contributed by atoms with Crippen LogP contribution in [0.2, 0.25) is 0 Å². The molecule has 17 heavy (non-hydrogen) atoms. The lowest BCUT2D eigenvalue weighted by Gasteiger charge is -2.14. The molecule has 1 N–H and O–H groups in total. The fourth-order valence-electron chi connectivity index (χ4n) is 1.58. The fourth-order valence-corrected chi connectivity index (χ4v) is 1.58. The van der Waals surface area contributed by atoms with Crippen LogP contribution < -0.4 is 4.74 Å². The molecule has 5 heteroatoms. The first-order chi connectivity index (χ1) is 8.18. The Balaban J connectivity index is 1.89. The van der Waals surface area contributed by atoms with Gasteiger partial charge in [0, 0.05) is 0 Å². The zero-order valence-electron chi connectivity index (χ0n) is 9.37. The molecular formula is C12H13NO4. The zero-order valence-corrected chi connectivity index (χ0v) is 9.37. The molecule has 0 bridgehead atoms. The van der Waals surface area contributed by atoms with E-state index in [0.717, 1.165) is 5.75 Å². The molecule has 0 aromatic heterocycles. The van der Waals surface area contributed by atoms with Crippen molar-refractivity contribution < 1.29 is 19.5 Å². The second-order valence-electron chi connectivity index (χ2n) is 3.84. The molecule has 0 saturated heterocycles. The first-order valence-corrected chi connectivity index (χ1v) is 5.33. The average Bonchev–Trinajstić information content (AvgIpc) is 2.69. The Bertz CT molecular complexity index is 429.